The lowest BCUT2D eigenvalue weighted by molar-refractivity contribution is -0.121. The first-order valence-electron chi connectivity index (χ1n) is 18.4. The quantitative estimate of drug-likeness (QED) is 0.195. The molecule has 1 heterocycles. The van der Waals surface area contributed by atoms with Crippen LogP contribution in [0, 0.1) is 18.8 Å². The highest BCUT2D eigenvalue weighted by molar-refractivity contribution is 5.98. The highest BCUT2D eigenvalue weighted by Gasteiger charge is 2.36. The lowest BCUT2D eigenvalue weighted by atomic mass is 9.83. The Hall–Kier alpha value is -4.00. The van der Waals surface area contributed by atoms with Crippen LogP contribution in [0.15, 0.2) is 60.7 Å². The summed E-state index contributed by atoms with van der Waals surface area (Å²) in [6.45, 7) is 14.4. The second-order valence-electron chi connectivity index (χ2n) is 14.2. The normalized spacial score (nSPS) is 18.7. The maximum absolute atomic E-state index is 13.8. The summed E-state index contributed by atoms with van der Waals surface area (Å²) in [5.74, 6) is 3.22. The van der Waals surface area contributed by atoms with Crippen LogP contribution in [0.4, 0.5) is 11.4 Å². The lowest BCUT2D eigenvalue weighted by Gasteiger charge is -2.38. The molecule has 2 amide bonds. The summed E-state index contributed by atoms with van der Waals surface area (Å²) >= 11 is 0. The van der Waals surface area contributed by atoms with Gasteiger partial charge in [0, 0.05) is 37.9 Å². The number of benzene rings is 3. The number of unbranched alkanes of at least 4 members (excludes halogenated alkanes) is 1. The fourth-order valence-electron chi connectivity index (χ4n) is 6.83. The Morgan fingerprint density at radius 2 is 1.65 bits per heavy atom. The van der Waals surface area contributed by atoms with E-state index in [9.17, 15) is 9.59 Å². The third-order valence-electron chi connectivity index (χ3n) is 9.75. The molecule has 0 spiro atoms. The molecule has 0 radical (unpaired) electrons. The van der Waals surface area contributed by atoms with Gasteiger partial charge in [-0.2, -0.15) is 0 Å². The Balaban J connectivity index is 0.000000529. The van der Waals surface area contributed by atoms with Crippen LogP contribution >= 0.6 is 0 Å². The minimum Gasteiger partial charge on any atom is -0.493 e. The van der Waals surface area contributed by atoms with Gasteiger partial charge in [0.2, 0.25) is 11.8 Å². The van der Waals surface area contributed by atoms with Crippen LogP contribution in [0.2, 0.25) is 0 Å². The Morgan fingerprint density at radius 1 is 0.980 bits per heavy atom. The van der Waals surface area contributed by atoms with Crippen LogP contribution in [-0.2, 0) is 16.0 Å². The van der Waals surface area contributed by atoms with E-state index in [-0.39, 0.29) is 24.0 Å². The fourth-order valence-corrected chi connectivity index (χ4v) is 6.83. The molecule has 0 aromatic heterocycles. The number of rotatable bonds is 12. The van der Waals surface area contributed by atoms with Gasteiger partial charge in [-0.05, 0) is 105 Å². The van der Waals surface area contributed by atoms with E-state index in [4.69, 9.17) is 9.47 Å². The average Bonchev–Trinajstić information content (AvgIpc) is 3.09. The molecule has 0 unspecified atom stereocenters. The summed E-state index contributed by atoms with van der Waals surface area (Å²) in [6, 6.07) is 20.8. The van der Waals surface area contributed by atoms with Crippen molar-refractivity contribution in [2.24, 2.45) is 11.8 Å². The molecular weight excluding hydrogens is 610 g/mol. The zero-order chi connectivity index (χ0) is 35.5. The van der Waals surface area contributed by atoms with E-state index < -0.39 is 0 Å². The predicted octanol–water partition coefficient (Wildman–Crippen LogP) is 9.04. The van der Waals surface area contributed by atoms with Crippen LogP contribution in [-0.4, -0.2) is 45.2 Å². The number of fused-ring (bicyclic) bond motifs is 1. The van der Waals surface area contributed by atoms with Crippen molar-refractivity contribution >= 4 is 23.2 Å². The molecule has 0 saturated heterocycles. The molecule has 7 heteroatoms. The number of nitrogens with one attached hydrogen (secondary N) is 1. The minimum absolute atomic E-state index is 0.00708. The molecule has 1 saturated carbocycles. The Labute approximate surface area is 295 Å². The summed E-state index contributed by atoms with van der Waals surface area (Å²) in [5.41, 5.74) is 6.43. The van der Waals surface area contributed by atoms with Gasteiger partial charge in [-0.3, -0.25) is 9.59 Å². The van der Waals surface area contributed by atoms with E-state index in [0.29, 0.717) is 24.3 Å². The Bertz CT molecular complexity index is 1490. The number of aryl methyl sites for hydroxylation is 1. The molecule has 3 aromatic carbocycles. The molecule has 266 valence electrons. The van der Waals surface area contributed by atoms with Crippen molar-refractivity contribution < 1.29 is 19.1 Å². The average molecular weight is 670 g/mol. The van der Waals surface area contributed by atoms with Crippen LogP contribution in [0.1, 0.15) is 108 Å². The maximum Gasteiger partial charge on any atom is 0.232 e. The number of methoxy groups -OCH3 is 1. The van der Waals surface area contributed by atoms with Crippen molar-refractivity contribution in [3.63, 3.8) is 0 Å². The minimum atomic E-state index is -0.259. The summed E-state index contributed by atoms with van der Waals surface area (Å²) in [5, 5.41) is 2.79. The largest absolute Gasteiger partial charge is 0.493 e. The Morgan fingerprint density at radius 3 is 2.24 bits per heavy atom. The predicted molar refractivity (Wildman–Crippen MR) is 202 cm³/mol. The van der Waals surface area contributed by atoms with Crippen LogP contribution in [0.3, 0.4) is 0 Å². The van der Waals surface area contributed by atoms with E-state index in [1.54, 1.807) is 7.11 Å². The van der Waals surface area contributed by atoms with Crippen molar-refractivity contribution in [2.75, 3.05) is 37.0 Å². The molecule has 7 nitrogen and oxygen atoms in total. The topological polar surface area (TPSA) is 71.1 Å². The molecule has 1 aliphatic carbocycles. The van der Waals surface area contributed by atoms with Gasteiger partial charge in [0.05, 0.1) is 25.7 Å². The van der Waals surface area contributed by atoms with Gasteiger partial charge in [0.15, 0.2) is 11.5 Å². The fraction of sp³-hybridized carbons (Fsp3) is 0.524. The number of carbonyl (C=O) groups excluding carboxylic acids is 2. The molecule has 1 atom stereocenters. The number of hydrogen-bond acceptors (Lipinski definition) is 5. The van der Waals surface area contributed by atoms with Gasteiger partial charge >= 0.3 is 0 Å². The van der Waals surface area contributed by atoms with Crippen molar-refractivity contribution in [2.45, 2.75) is 105 Å². The maximum atomic E-state index is 13.8. The molecule has 49 heavy (non-hydrogen) atoms. The monoisotopic (exact) mass is 669 g/mol. The number of anilines is 2. The zero-order valence-electron chi connectivity index (χ0n) is 31.2. The number of nitrogens with zero attached hydrogens (tertiary/aromatic N) is 2. The first-order chi connectivity index (χ1) is 23.5. The molecule has 1 aliphatic heterocycles. The van der Waals surface area contributed by atoms with Crippen LogP contribution < -0.4 is 24.6 Å². The molecule has 1 N–H and O–H groups in total. The standard InChI is InChI=1S/C35H44N2O3.C7H15NO/c1-23(2)40-33-21-31-28(19-32(33)39-6)20-34(38)37(35(31)27-13-9-25(4)10-14-27)30-17-15-29(16-18-30)36(5)22-26-11-7-24(3)8-12-26;1-3-5-6-8-7(9)4-2/h9-10,13-19,21,23-24,26,35H,7-8,11-12,20,22H2,1-6H3;3-6H2,1-2H3,(H,8,9)/t24?,26?,35-;/m0./s1. The zero-order valence-corrected chi connectivity index (χ0v) is 31.2. The second kappa shape index (κ2) is 18.1. The van der Waals surface area contributed by atoms with Crippen LogP contribution in [0.25, 0.3) is 0 Å². The molecule has 2 aliphatic rings. The molecule has 0 bridgehead atoms. The molecule has 5 rings (SSSR count). The summed E-state index contributed by atoms with van der Waals surface area (Å²) < 4.78 is 11.8. The van der Waals surface area contributed by atoms with Crippen molar-refractivity contribution in [3.8, 4) is 11.5 Å². The summed E-state index contributed by atoms with van der Waals surface area (Å²) in [4.78, 5) is 28.7. The smallest absolute Gasteiger partial charge is 0.232 e. The van der Waals surface area contributed by atoms with E-state index in [2.05, 4.69) is 92.6 Å². The van der Waals surface area contributed by atoms with Crippen molar-refractivity contribution in [1.29, 1.82) is 0 Å². The summed E-state index contributed by atoms with van der Waals surface area (Å²) in [7, 11) is 3.84. The highest BCUT2D eigenvalue weighted by Crippen LogP contribution is 2.44. The van der Waals surface area contributed by atoms with Gasteiger partial charge in [-0.1, -0.05) is 69.9 Å². The van der Waals surface area contributed by atoms with E-state index in [1.807, 2.05) is 31.7 Å². The second-order valence-corrected chi connectivity index (χ2v) is 14.2. The lowest BCUT2D eigenvalue weighted by Crippen LogP contribution is -2.41. The van der Waals surface area contributed by atoms with Crippen LogP contribution in [0.5, 0.6) is 11.5 Å². The molecular formula is C42H59N3O4. The van der Waals surface area contributed by atoms with Gasteiger partial charge in [-0.25, -0.2) is 0 Å². The van der Waals surface area contributed by atoms with Gasteiger partial charge < -0.3 is 24.6 Å². The molecule has 1 fully saturated rings. The third-order valence-corrected chi connectivity index (χ3v) is 9.75. The van der Waals surface area contributed by atoms with Gasteiger partial charge in [-0.15, -0.1) is 0 Å². The number of carbonyl (C=O) groups is 2. The van der Waals surface area contributed by atoms with E-state index in [0.717, 1.165) is 60.1 Å². The number of ether oxygens (including phenoxy) is 2. The summed E-state index contributed by atoms with van der Waals surface area (Å²) in [6.07, 6.45) is 8.47. The van der Waals surface area contributed by atoms with E-state index in [1.165, 1.54) is 36.9 Å². The van der Waals surface area contributed by atoms with E-state index >= 15 is 0 Å². The van der Waals surface area contributed by atoms with Gasteiger partial charge in [0.1, 0.15) is 0 Å². The highest BCUT2D eigenvalue weighted by atomic mass is 16.5. The number of hydrogen-bond donors (Lipinski definition) is 1. The third kappa shape index (κ3) is 10.3. The van der Waals surface area contributed by atoms with Crippen molar-refractivity contribution in [1.82, 2.24) is 5.32 Å². The first kappa shape index (κ1) is 37.8. The number of amides is 2. The first-order valence-corrected chi connectivity index (χ1v) is 18.4. The SMILES string of the molecule is CCCCNC(=O)CC.COc1cc2c(cc1OC(C)C)[C@H](c1ccc(C)cc1)N(c1ccc(N(C)CC3CCC(C)CC3)cc1)C(=O)C2. The van der Waals surface area contributed by atoms with Crippen molar-refractivity contribution in [3.05, 3.63) is 82.9 Å². The Kier molecular flexibility index (Phi) is 14.0. The van der Waals surface area contributed by atoms with Gasteiger partial charge in [0.25, 0.3) is 0 Å². The molecule has 3 aromatic rings.